The lowest BCUT2D eigenvalue weighted by Gasteiger charge is -2.21. The van der Waals surface area contributed by atoms with Crippen molar-refractivity contribution < 1.29 is 9.90 Å². The molecule has 0 aromatic carbocycles. The number of aromatic nitrogens is 3. The second-order valence-corrected chi connectivity index (χ2v) is 4.22. The number of nitrogens with zero attached hydrogens (tertiary/aromatic N) is 2. The number of carboxylic acid groups (broad SMARTS) is 1. The maximum Gasteiger partial charge on any atom is 0.343 e. The van der Waals surface area contributed by atoms with Gasteiger partial charge in [0.2, 0.25) is 0 Å². The minimum atomic E-state index is -0.819. The molecule has 16 heavy (non-hydrogen) atoms. The molecule has 1 aromatic heterocycles. The van der Waals surface area contributed by atoms with Gasteiger partial charge >= 0.3 is 11.7 Å². The number of rotatable bonds is 2. The highest BCUT2D eigenvalue weighted by Gasteiger charge is 2.31. The van der Waals surface area contributed by atoms with Crippen molar-refractivity contribution in [2.75, 3.05) is 0 Å². The van der Waals surface area contributed by atoms with E-state index in [1.165, 1.54) is 10.9 Å². The smallest absolute Gasteiger partial charge is 0.343 e. The van der Waals surface area contributed by atoms with Crippen molar-refractivity contribution in [2.24, 2.45) is 5.92 Å². The number of aromatic amines is 1. The summed E-state index contributed by atoms with van der Waals surface area (Å²) >= 11 is 0. The van der Waals surface area contributed by atoms with Gasteiger partial charge in [-0.3, -0.25) is 9.36 Å². The Bertz CT molecular complexity index is 423. The maximum absolute atomic E-state index is 11.5. The third kappa shape index (κ3) is 2.00. The number of nitrogens with one attached hydrogen (secondary N) is 1. The molecule has 1 aromatic rings. The average Bonchev–Trinajstić information content (AvgIpc) is 2.54. The lowest BCUT2D eigenvalue weighted by Crippen LogP contribution is -2.31. The van der Waals surface area contributed by atoms with E-state index in [-0.39, 0.29) is 11.7 Å². The Morgan fingerprint density at radius 2 is 2.19 bits per heavy atom. The van der Waals surface area contributed by atoms with Crippen LogP contribution in [0.3, 0.4) is 0 Å². The van der Waals surface area contributed by atoms with Gasteiger partial charge in [-0.05, 0) is 12.8 Å². The van der Waals surface area contributed by atoms with Crippen molar-refractivity contribution in [3.63, 3.8) is 0 Å². The molecular weight excluding hydrogens is 210 g/mol. The summed E-state index contributed by atoms with van der Waals surface area (Å²) < 4.78 is 1.42. The summed E-state index contributed by atoms with van der Waals surface area (Å²) in [4.78, 5) is 22.6. The lowest BCUT2D eigenvalue weighted by atomic mass is 9.95. The van der Waals surface area contributed by atoms with Gasteiger partial charge in [-0.1, -0.05) is 19.3 Å². The van der Waals surface area contributed by atoms with E-state index in [1.807, 2.05) is 0 Å². The molecule has 0 aliphatic heterocycles. The number of hydrogen-bond donors (Lipinski definition) is 2. The minimum Gasteiger partial charge on any atom is -0.481 e. The van der Waals surface area contributed by atoms with Crippen LogP contribution in [0.15, 0.2) is 11.1 Å². The third-order valence-electron chi connectivity index (χ3n) is 3.23. The van der Waals surface area contributed by atoms with Gasteiger partial charge in [-0.15, -0.1) is 0 Å². The SMILES string of the molecule is O=C(O)C1CCCCCC1n1cn[nH]c1=O. The van der Waals surface area contributed by atoms with Crippen LogP contribution in [-0.2, 0) is 4.79 Å². The second kappa shape index (κ2) is 4.51. The predicted molar refractivity (Wildman–Crippen MR) is 56.1 cm³/mol. The zero-order valence-electron chi connectivity index (χ0n) is 8.93. The zero-order valence-corrected chi connectivity index (χ0v) is 8.93. The van der Waals surface area contributed by atoms with Crippen LogP contribution in [0.4, 0.5) is 0 Å². The summed E-state index contributed by atoms with van der Waals surface area (Å²) in [6.07, 6.45) is 5.68. The molecular formula is C10H15N3O3. The fraction of sp³-hybridized carbons (Fsp3) is 0.700. The summed E-state index contributed by atoms with van der Waals surface area (Å²) in [5.74, 6) is -1.29. The molecule has 2 unspecified atom stereocenters. The molecule has 0 spiro atoms. The fourth-order valence-electron chi connectivity index (χ4n) is 2.40. The molecule has 1 aliphatic rings. The van der Waals surface area contributed by atoms with E-state index in [4.69, 9.17) is 0 Å². The highest BCUT2D eigenvalue weighted by molar-refractivity contribution is 5.70. The number of H-pyrrole nitrogens is 1. The van der Waals surface area contributed by atoms with Gasteiger partial charge in [0.25, 0.3) is 0 Å². The van der Waals surface area contributed by atoms with Gasteiger partial charge in [0, 0.05) is 0 Å². The quantitative estimate of drug-likeness (QED) is 0.728. The van der Waals surface area contributed by atoms with Crippen LogP contribution in [0.1, 0.15) is 38.1 Å². The summed E-state index contributed by atoms with van der Waals surface area (Å²) in [6, 6.07) is -0.258. The van der Waals surface area contributed by atoms with Crippen molar-refractivity contribution in [1.82, 2.24) is 14.8 Å². The van der Waals surface area contributed by atoms with E-state index >= 15 is 0 Å². The number of hydrogen-bond acceptors (Lipinski definition) is 3. The number of carbonyl (C=O) groups is 1. The molecule has 1 saturated carbocycles. The first kappa shape index (κ1) is 10.9. The van der Waals surface area contributed by atoms with E-state index in [0.717, 1.165) is 25.7 Å². The Balaban J connectivity index is 2.31. The average molecular weight is 225 g/mol. The van der Waals surface area contributed by atoms with E-state index in [1.54, 1.807) is 0 Å². The van der Waals surface area contributed by atoms with Gasteiger partial charge in [0.1, 0.15) is 6.33 Å². The van der Waals surface area contributed by atoms with Crippen LogP contribution in [0, 0.1) is 5.92 Å². The van der Waals surface area contributed by atoms with Crippen molar-refractivity contribution in [1.29, 1.82) is 0 Å². The first-order valence-electron chi connectivity index (χ1n) is 5.54. The van der Waals surface area contributed by atoms with E-state index in [9.17, 15) is 14.7 Å². The largest absolute Gasteiger partial charge is 0.481 e. The van der Waals surface area contributed by atoms with Crippen molar-refractivity contribution in [3.8, 4) is 0 Å². The molecule has 2 atom stereocenters. The third-order valence-corrected chi connectivity index (χ3v) is 3.23. The van der Waals surface area contributed by atoms with E-state index < -0.39 is 11.9 Å². The topological polar surface area (TPSA) is 88.0 Å². The van der Waals surface area contributed by atoms with Gasteiger partial charge in [-0.2, -0.15) is 5.10 Å². The van der Waals surface area contributed by atoms with Crippen molar-refractivity contribution >= 4 is 5.97 Å². The highest BCUT2D eigenvalue weighted by Crippen LogP contribution is 2.31. The van der Waals surface area contributed by atoms with Crippen LogP contribution in [0.25, 0.3) is 0 Å². The molecule has 1 heterocycles. The van der Waals surface area contributed by atoms with Crippen molar-refractivity contribution in [2.45, 2.75) is 38.1 Å². The summed E-state index contributed by atoms with van der Waals surface area (Å²) in [7, 11) is 0. The van der Waals surface area contributed by atoms with Gasteiger partial charge in [-0.25, -0.2) is 9.89 Å². The first-order valence-corrected chi connectivity index (χ1v) is 5.54. The molecule has 0 radical (unpaired) electrons. The monoisotopic (exact) mass is 225 g/mol. The standard InChI is InChI=1S/C10H15N3O3/c14-9(15)7-4-2-1-3-5-8(7)13-6-11-12-10(13)16/h6-8H,1-5H2,(H,12,16)(H,14,15). The number of carboxylic acids is 1. The lowest BCUT2D eigenvalue weighted by molar-refractivity contribution is -0.143. The van der Waals surface area contributed by atoms with Crippen LogP contribution < -0.4 is 5.69 Å². The second-order valence-electron chi connectivity index (χ2n) is 4.22. The van der Waals surface area contributed by atoms with Gasteiger partial charge in [0.05, 0.1) is 12.0 Å². The normalized spacial score (nSPS) is 26.2. The molecule has 6 nitrogen and oxygen atoms in total. The Kier molecular flexibility index (Phi) is 3.07. The van der Waals surface area contributed by atoms with E-state index in [2.05, 4.69) is 10.2 Å². The molecule has 0 saturated heterocycles. The molecule has 2 rings (SSSR count). The summed E-state index contributed by atoms with van der Waals surface area (Å²) in [5.41, 5.74) is -0.321. The minimum absolute atomic E-state index is 0.258. The Labute approximate surface area is 92.3 Å². The zero-order chi connectivity index (χ0) is 11.5. The van der Waals surface area contributed by atoms with Crippen LogP contribution in [0.2, 0.25) is 0 Å². The van der Waals surface area contributed by atoms with Gasteiger partial charge in [0.15, 0.2) is 0 Å². The van der Waals surface area contributed by atoms with Crippen LogP contribution >= 0.6 is 0 Å². The predicted octanol–water partition coefficient (Wildman–Crippen LogP) is 0.777. The van der Waals surface area contributed by atoms with Crippen LogP contribution in [0.5, 0.6) is 0 Å². The highest BCUT2D eigenvalue weighted by atomic mass is 16.4. The van der Waals surface area contributed by atoms with E-state index in [0.29, 0.717) is 6.42 Å². The summed E-state index contributed by atoms with van der Waals surface area (Å²) in [6.45, 7) is 0. The molecule has 1 fully saturated rings. The molecule has 88 valence electrons. The molecule has 6 heteroatoms. The molecule has 0 amide bonds. The molecule has 1 aliphatic carbocycles. The Morgan fingerprint density at radius 1 is 1.44 bits per heavy atom. The van der Waals surface area contributed by atoms with Crippen molar-refractivity contribution in [3.05, 3.63) is 16.8 Å². The summed E-state index contributed by atoms with van der Waals surface area (Å²) in [5, 5.41) is 15.1. The fourth-order valence-corrected chi connectivity index (χ4v) is 2.40. The van der Waals surface area contributed by atoms with Gasteiger partial charge < -0.3 is 5.11 Å². The maximum atomic E-state index is 11.5. The number of aliphatic carboxylic acids is 1. The Hall–Kier alpha value is -1.59. The van der Waals surface area contributed by atoms with Crippen LogP contribution in [-0.4, -0.2) is 25.8 Å². The molecule has 0 bridgehead atoms. The first-order chi connectivity index (χ1) is 7.70. The Morgan fingerprint density at radius 3 is 2.81 bits per heavy atom. The molecule has 2 N–H and O–H groups in total.